The molecule has 0 atom stereocenters. The lowest BCUT2D eigenvalue weighted by molar-refractivity contribution is 0.0947. The van der Waals surface area contributed by atoms with Gasteiger partial charge in [-0.3, -0.25) is 9.69 Å². The lowest BCUT2D eigenvalue weighted by Crippen LogP contribution is -2.48. The molecule has 10 nitrogen and oxygen atoms in total. The van der Waals surface area contributed by atoms with Gasteiger partial charge >= 0.3 is 0 Å². The Labute approximate surface area is 248 Å². The van der Waals surface area contributed by atoms with Crippen molar-refractivity contribution in [2.75, 3.05) is 52.4 Å². The summed E-state index contributed by atoms with van der Waals surface area (Å²) in [6.45, 7) is 4.46. The smallest absolute Gasteiger partial charge is 0.251 e. The first kappa shape index (κ1) is 30.2. The molecule has 0 radical (unpaired) electrons. The van der Waals surface area contributed by atoms with Crippen molar-refractivity contribution in [3.63, 3.8) is 0 Å². The highest BCUT2D eigenvalue weighted by atomic mass is 32.2. The monoisotopic (exact) mass is 612 g/mol. The van der Waals surface area contributed by atoms with Crippen LogP contribution in [-0.4, -0.2) is 88.7 Å². The first-order valence-electron chi connectivity index (χ1n) is 14.1. The average molecular weight is 613 g/mol. The molecule has 2 heterocycles. The summed E-state index contributed by atoms with van der Waals surface area (Å²) in [6.07, 6.45) is 1.78. The molecule has 224 valence electrons. The van der Waals surface area contributed by atoms with Gasteiger partial charge in [-0.2, -0.15) is 8.61 Å². The van der Waals surface area contributed by atoms with Crippen molar-refractivity contribution in [2.24, 2.45) is 0 Å². The standard InChI is InChI=1S/C30H36N4O6S2/c35-30(31-16-23-40-27-12-14-29(15-13-27)42(38,39)33-17-4-5-18-33)26-10-8-25(9-11-26)24-32-19-21-34(22-20-32)41(36,37)28-6-2-1-3-7-28/h1-3,6-15H,4-5,16-24H2,(H,31,35). The summed E-state index contributed by atoms with van der Waals surface area (Å²) in [6, 6.07) is 22.3. The van der Waals surface area contributed by atoms with Gasteiger partial charge in [-0.05, 0) is 66.9 Å². The predicted molar refractivity (Wildman–Crippen MR) is 159 cm³/mol. The molecule has 12 heteroatoms. The van der Waals surface area contributed by atoms with Gasteiger partial charge in [0.1, 0.15) is 12.4 Å². The Morgan fingerprint density at radius 3 is 1.88 bits per heavy atom. The molecular weight excluding hydrogens is 576 g/mol. The second-order valence-electron chi connectivity index (χ2n) is 10.4. The van der Waals surface area contributed by atoms with Crippen molar-refractivity contribution >= 4 is 26.0 Å². The van der Waals surface area contributed by atoms with Crippen molar-refractivity contribution < 1.29 is 26.4 Å². The highest BCUT2D eigenvalue weighted by Gasteiger charge is 2.29. The number of ether oxygens (including phenoxy) is 1. The average Bonchev–Trinajstić information content (AvgIpc) is 3.57. The molecule has 3 aromatic carbocycles. The summed E-state index contributed by atoms with van der Waals surface area (Å²) in [7, 11) is -6.94. The van der Waals surface area contributed by atoms with E-state index < -0.39 is 20.0 Å². The number of amides is 1. The number of hydrogen-bond acceptors (Lipinski definition) is 7. The molecular formula is C30H36N4O6S2. The molecule has 0 unspecified atom stereocenters. The third kappa shape index (κ3) is 7.19. The van der Waals surface area contributed by atoms with Crippen LogP contribution in [0.3, 0.4) is 0 Å². The van der Waals surface area contributed by atoms with Crippen LogP contribution in [0.5, 0.6) is 5.75 Å². The second kappa shape index (κ2) is 13.3. The van der Waals surface area contributed by atoms with Gasteiger partial charge in [0.15, 0.2) is 0 Å². The van der Waals surface area contributed by atoms with Gasteiger partial charge < -0.3 is 10.1 Å². The number of sulfonamides is 2. The number of hydrogen-bond donors (Lipinski definition) is 1. The third-order valence-corrected chi connectivity index (χ3v) is 11.3. The van der Waals surface area contributed by atoms with Gasteiger partial charge in [-0.1, -0.05) is 30.3 Å². The summed E-state index contributed by atoms with van der Waals surface area (Å²) >= 11 is 0. The molecule has 0 spiro atoms. The zero-order valence-electron chi connectivity index (χ0n) is 23.4. The summed E-state index contributed by atoms with van der Waals surface area (Å²) in [4.78, 5) is 15.4. The van der Waals surface area contributed by atoms with Gasteiger partial charge in [0, 0.05) is 51.4 Å². The minimum Gasteiger partial charge on any atom is -0.492 e. The molecule has 2 fully saturated rings. The Morgan fingerprint density at radius 1 is 0.690 bits per heavy atom. The van der Waals surface area contributed by atoms with E-state index in [1.165, 1.54) is 8.61 Å². The molecule has 2 saturated heterocycles. The lowest BCUT2D eigenvalue weighted by atomic mass is 10.1. The SMILES string of the molecule is O=C(NCCOc1ccc(S(=O)(=O)N2CCCC2)cc1)c1ccc(CN2CCN(S(=O)(=O)c3ccccc3)CC2)cc1. The maximum atomic E-state index is 12.8. The van der Waals surface area contributed by atoms with Crippen molar-refractivity contribution in [3.05, 3.63) is 90.0 Å². The van der Waals surface area contributed by atoms with Crippen LogP contribution in [0, 0.1) is 0 Å². The van der Waals surface area contributed by atoms with E-state index in [1.807, 2.05) is 12.1 Å². The first-order chi connectivity index (χ1) is 20.2. The van der Waals surface area contributed by atoms with E-state index in [2.05, 4.69) is 10.2 Å². The number of carbonyl (C=O) groups excluding carboxylic acids is 1. The van der Waals surface area contributed by atoms with Crippen molar-refractivity contribution in [2.45, 2.75) is 29.2 Å². The van der Waals surface area contributed by atoms with Crippen LogP contribution in [0.1, 0.15) is 28.8 Å². The highest BCUT2D eigenvalue weighted by Crippen LogP contribution is 2.23. The molecule has 42 heavy (non-hydrogen) atoms. The summed E-state index contributed by atoms with van der Waals surface area (Å²) < 4.78 is 59.7. The van der Waals surface area contributed by atoms with Crippen molar-refractivity contribution in [1.82, 2.24) is 18.8 Å². The van der Waals surface area contributed by atoms with Crippen molar-refractivity contribution in [1.29, 1.82) is 0 Å². The molecule has 1 amide bonds. The zero-order chi connectivity index (χ0) is 29.6. The van der Waals surface area contributed by atoms with E-state index in [-0.39, 0.29) is 17.4 Å². The van der Waals surface area contributed by atoms with Crippen LogP contribution >= 0.6 is 0 Å². The normalized spacial score (nSPS) is 17.2. The quantitative estimate of drug-likeness (QED) is 0.331. The molecule has 0 aromatic heterocycles. The summed E-state index contributed by atoms with van der Waals surface area (Å²) in [5, 5.41) is 2.84. The minimum absolute atomic E-state index is 0.211. The fraction of sp³-hybridized carbons (Fsp3) is 0.367. The van der Waals surface area contributed by atoms with Crippen LogP contribution < -0.4 is 10.1 Å². The fourth-order valence-electron chi connectivity index (χ4n) is 5.11. The number of piperazine rings is 1. The topological polar surface area (TPSA) is 116 Å². The van der Waals surface area contributed by atoms with E-state index >= 15 is 0 Å². The fourth-order valence-corrected chi connectivity index (χ4v) is 8.07. The Morgan fingerprint density at radius 2 is 1.26 bits per heavy atom. The first-order valence-corrected chi connectivity index (χ1v) is 17.0. The number of carbonyl (C=O) groups is 1. The number of nitrogens with one attached hydrogen (secondary N) is 1. The highest BCUT2D eigenvalue weighted by molar-refractivity contribution is 7.89. The molecule has 0 aliphatic carbocycles. The number of rotatable bonds is 11. The molecule has 1 N–H and O–H groups in total. The summed E-state index contributed by atoms with van der Waals surface area (Å²) in [5.74, 6) is 0.324. The Bertz CT molecular complexity index is 1550. The van der Waals surface area contributed by atoms with E-state index in [9.17, 15) is 21.6 Å². The second-order valence-corrected chi connectivity index (χ2v) is 14.3. The maximum Gasteiger partial charge on any atom is 0.251 e. The van der Waals surface area contributed by atoms with Gasteiger partial charge in [0.2, 0.25) is 20.0 Å². The molecule has 0 saturated carbocycles. The largest absolute Gasteiger partial charge is 0.492 e. The molecule has 3 aromatic rings. The van der Waals surface area contributed by atoms with E-state index in [1.54, 1.807) is 66.7 Å². The van der Waals surface area contributed by atoms with Gasteiger partial charge in [-0.25, -0.2) is 16.8 Å². The number of benzene rings is 3. The van der Waals surface area contributed by atoms with Crippen LogP contribution in [0.15, 0.2) is 88.7 Å². The van der Waals surface area contributed by atoms with Gasteiger partial charge in [-0.15, -0.1) is 0 Å². The van der Waals surface area contributed by atoms with E-state index in [4.69, 9.17) is 4.74 Å². The minimum atomic E-state index is -3.48. The van der Waals surface area contributed by atoms with Gasteiger partial charge in [0.25, 0.3) is 5.91 Å². The van der Waals surface area contributed by atoms with Crippen LogP contribution in [-0.2, 0) is 26.6 Å². The molecule has 5 rings (SSSR count). The molecule has 2 aliphatic rings. The van der Waals surface area contributed by atoms with Crippen LogP contribution in [0.25, 0.3) is 0 Å². The van der Waals surface area contributed by atoms with E-state index in [0.29, 0.717) is 68.6 Å². The van der Waals surface area contributed by atoms with Crippen molar-refractivity contribution in [3.8, 4) is 5.75 Å². The third-order valence-electron chi connectivity index (χ3n) is 7.52. The Hall–Kier alpha value is -3.29. The predicted octanol–water partition coefficient (Wildman–Crippen LogP) is 2.79. The summed E-state index contributed by atoms with van der Waals surface area (Å²) in [5.41, 5.74) is 1.58. The van der Waals surface area contributed by atoms with Crippen LogP contribution in [0.2, 0.25) is 0 Å². The van der Waals surface area contributed by atoms with Crippen LogP contribution in [0.4, 0.5) is 0 Å². The molecule has 0 bridgehead atoms. The van der Waals surface area contributed by atoms with Gasteiger partial charge in [0.05, 0.1) is 16.3 Å². The number of nitrogens with zero attached hydrogens (tertiary/aromatic N) is 3. The Kier molecular flexibility index (Phi) is 9.59. The zero-order valence-corrected chi connectivity index (χ0v) is 25.0. The lowest BCUT2D eigenvalue weighted by Gasteiger charge is -2.34. The maximum absolute atomic E-state index is 12.8. The molecule has 2 aliphatic heterocycles. The van der Waals surface area contributed by atoms with E-state index in [0.717, 1.165) is 18.4 Å². The Balaban J connectivity index is 1.03.